The van der Waals surface area contributed by atoms with Gasteiger partial charge in [0.1, 0.15) is 18.0 Å². The van der Waals surface area contributed by atoms with Crippen LogP contribution in [0.3, 0.4) is 0 Å². The molecule has 0 spiro atoms. The fourth-order valence-corrected chi connectivity index (χ4v) is 3.70. The average molecular weight is 375 g/mol. The number of hydrogen-bond donors (Lipinski definition) is 1. The molecule has 7 heteroatoms. The van der Waals surface area contributed by atoms with Crippen LogP contribution in [0, 0.1) is 12.7 Å². The number of hydrogen-bond acceptors (Lipinski definition) is 5. The summed E-state index contributed by atoms with van der Waals surface area (Å²) in [4.78, 5) is 4.40. The highest BCUT2D eigenvalue weighted by atomic mass is 19.1. The molecule has 0 bridgehead atoms. The van der Waals surface area contributed by atoms with Gasteiger partial charge in [-0.05, 0) is 30.7 Å². The summed E-state index contributed by atoms with van der Waals surface area (Å²) in [5.74, 6) is 0.570. The molecule has 3 aromatic heterocycles. The van der Waals surface area contributed by atoms with E-state index in [-0.39, 0.29) is 5.82 Å². The molecule has 1 aliphatic heterocycles. The molecule has 0 aliphatic carbocycles. The minimum atomic E-state index is -0.236. The topological polar surface area (TPSA) is 64.3 Å². The van der Waals surface area contributed by atoms with Crippen molar-refractivity contribution in [2.45, 2.75) is 26.7 Å². The zero-order valence-corrected chi connectivity index (χ0v) is 15.3. The number of halogens is 1. The largest absolute Gasteiger partial charge is 0.372 e. The van der Waals surface area contributed by atoms with Crippen LogP contribution in [0.15, 0.2) is 48.9 Å². The monoisotopic (exact) mass is 375 g/mol. The number of ether oxygens (including phenoxy) is 1. The van der Waals surface area contributed by atoms with Gasteiger partial charge in [-0.1, -0.05) is 18.2 Å². The quantitative estimate of drug-likeness (QED) is 0.547. The van der Waals surface area contributed by atoms with E-state index in [0.717, 1.165) is 39.4 Å². The van der Waals surface area contributed by atoms with Gasteiger partial charge in [0.05, 0.1) is 13.2 Å². The van der Waals surface area contributed by atoms with Crippen molar-refractivity contribution in [1.29, 1.82) is 0 Å². The van der Waals surface area contributed by atoms with E-state index in [1.807, 2.05) is 29.5 Å². The molecule has 0 unspecified atom stereocenters. The van der Waals surface area contributed by atoms with Crippen molar-refractivity contribution in [3.05, 3.63) is 77.1 Å². The Hall–Kier alpha value is -3.32. The second-order valence-electron chi connectivity index (χ2n) is 6.82. The van der Waals surface area contributed by atoms with Gasteiger partial charge in [0.2, 0.25) is 0 Å². The maximum atomic E-state index is 14.3. The SMILES string of the molecule is Cc1ncccc1-c1cc2c(n3cnnc13)NCc1c(F)cccc1COC2. The lowest BCUT2D eigenvalue weighted by Gasteiger charge is -2.16. The third-order valence-electron chi connectivity index (χ3n) is 5.11. The maximum absolute atomic E-state index is 14.3. The second-order valence-corrected chi connectivity index (χ2v) is 6.82. The summed E-state index contributed by atoms with van der Waals surface area (Å²) in [6.07, 6.45) is 3.44. The molecular formula is C21H18FN5O. The van der Waals surface area contributed by atoms with Gasteiger partial charge in [-0.25, -0.2) is 4.39 Å². The van der Waals surface area contributed by atoms with Crippen molar-refractivity contribution in [3.63, 3.8) is 0 Å². The minimum Gasteiger partial charge on any atom is -0.372 e. The van der Waals surface area contributed by atoms with E-state index in [1.54, 1.807) is 18.6 Å². The summed E-state index contributed by atoms with van der Waals surface area (Å²) in [7, 11) is 0. The zero-order chi connectivity index (χ0) is 19.1. The van der Waals surface area contributed by atoms with Gasteiger partial charge in [-0.3, -0.25) is 9.38 Å². The van der Waals surface area contributed by atoms with Crippen LogP contribution in [-0.4, -0.2) is 19.6 Å². The highest BCUT2D eigenvalue weighted by Gasteiger charge is 2.19. The van der Waals surface area contributed by atoms with E-state index >= 15 is 0 Å². The van der Waals surface area contributed by atoms with E-state index < -0.39 is 0 Å². The second kappa shape index (κ2) is 6.69. The Labute approximate surface area is 161 Å². The summed E-state index contributed by atoms with van der Waals surface area (Å²) in [6.45, 7) is 3.07. The Balaban J connectivity index is 1.67. The van der Waals surface area contributed by atoms with Crippen LogP contribution in [-0.2, 0) is 24.5 Å². The number of rotatable bonds is 1. The summed E-state index contributed by atoms with van der Waals surface area (Å²) in [5, 5.41) is 11.8. The van der Waals surface area contributed by atoms with Gasteiger partial charge < -0.3 is 10.1 Å². The predicted octanol–water partition coefficient (Wildman–Crippen LogP) is 3.88. The third-order valence-corrected chi connectivity index (χ3v) is 5.11. The lowest BCUT2D eigenvalue weighted by Crippen LogP contribution is -2.09. The number of benzene rings is 1. The first-order chi connectivity index (χ1) is 13.7. The number of pyridine rings is 2. The van der Waals surface area contributed by atoms with E-state index in [4.69, 9.17) is 4.74 Å². The molecule has 1 N–H and O–H groups in total. The normalized spacial score (nSPS) is 13.8. The van der Waals surface area contributed by atoms with E-state index in [2.05, 4.69) is 26.6 Å². The number of fused-ring (bicyclic) bond motifs is 4. The van der Waals surface area contributed by atoms with Gasteiger partial charge in [0, 0.05) is 40.7 Å². The number of anilines is 1. The molecule has 1 aliphatic rings. The van der Waals surface area contributed by atoms with Gasteiger partial charge in [-0.15, -0.1) is 10.2 Å². The molecule has 0 atom stereocenters. The van der Waals surface area contributed by atoms with Gasteiger partial charge in [0.15, 0.2) is 5.65 Å². The first kappa shape index (κ1) is 16.8. The van der Waals surface area contributed by atoms with Gasteiger partial charge in [-0.2, -0.15) is 0 Å². The van der Waals surface area contributed by atoms with Crippen molar-refractivity contribution in [2.24, 2.45) is 0 Å². The summed E-state index contributed by atoms with van der Waals surface area (Å²) < 4.78 is 22.2. The molecule has 5 rings (SSSR count). The lowest BCUT2D eigenvalue weighted by molar-refractivity contribution is 0.107. The molecule has 0 saturated carbocycles. The summed E-state index contributed by atoms with van der Waals surface area (Å²) >= 11 is 0. The molecule has 4 aromatic rings. The number of nitrogens with zero attached hydrogens (tertiary/aromatic N) is 4. The van der Waals surface area contributed by atoms with Crippen molar-refractivity contribution < 1.29 is 9.13 Å². The highest BCUT2D eigenvalue weighted by molar-refractivity contribution is 5.81. The fraction of sp³-hybridized carbons (Fsp3) is 0.190. The van der Waals surface area contributed by atoms with Crippen LogP contribution < -0.4 is 5.32 Å². The Morgan fingerprint density at radius 1 is 1.11 bits per heavy atom. The van der Waals surface area contributed by atoms with Crippen molar-refractivity contribution in [1.82, 2.24) is 19.6 Å². The van der Waals surface area contributed by atoms with Crippen LogP contribution in [0.25, 0.3) is 16.8 Å². The Morgan fingerprint density at radius 2 is 2.00 bits per heavy atom. The summed E-state index contributed by atoms with van der Waals surface area (Å²) in [5.41, 5.74) is 5.99. The Morgan fingerprint density at radius 3 is 2.89 bits per heavy atom. The van der Waals surface area contributed by atoms with Crippen LogP contribution in [0.1, 0.15) is 22.4 Å². The fourth-order valence-electron chi connectivity index (χ4n) is 3.70. The Kier molecular flexibility index (Phi) is 4.02. The molecule has 0 fully saturated rings. The van der Waals surface area contributed by atoms with E-state index in [9.17, 15) is 4.39 Å². The van der Waals surface area contributed by atoms with Crippen LogP contribution >= 0.6 is 0 Å². The molecule has 0 radical (unpaired) electrons. The van der Waals surface area contributed by atoms with Crippen LogP contribution in [0.4, 0.5) is 10.2 Å². The Bertz CT molecular complexity index is 1190. The van der Waals surface area contributed by atoms with Crippen LogP contribution in [0.5, 0.6) is 0 Å². The molecule has 6 nitrogen and oxygen atoms in total. The molecule has 0 saturated heterocycles. The van der Waals surface area contributed by atoms with Gasteiger partial charge in [0.25, 0.3) is 0 Å². The first-order valence-corrected chi connectivity index (χ1v) is 9.08. The molecule has 1 aromatic carbocycles. The molecule has 140 valence electrons. The van der Waals surface area contributed by atoms with E-state index in [0.29, 0.717) is 25.3 Å². The highest BCUT2D eigenvalue weighted by Crippen LogP contribution is 2.32. The predicted molar refractivity (Wildman–Crippen MR) is 103 cm³/mol. The standard InChI is InChI=1S/C21H18FN5O/c1-13-16(5-3-7-23-13)17-8-15-11-28-10-14-4-2-6-19(22)18(14)9-24-20(15)27-12-25-26-21(17)27/h2-8,12,24H,9-11H2,1H3. The maximum Gasteiger partial charge on any atom is 0.170 e. The lowest BCUT2D eigenvalue weighted by atomic mass is 10.0. The van der Waals surface area contributed by atoms with Crippen molar-refractivity contribution >= 4 is 11.5 Å². The third kappa shape index (κ3) is 2.71. The van der Waals surface area contributed by atoms with Crippen molar-refractivity contribution in [3.8, 4) is 11.1 Å². The molecular weight excluding hydrogens is 357 g/mol. The first-order valence-electron chi connectivity index (χ1n) is 9.08. The average Bonchev–Trinajstić information content (AvgIpc) is 3.20. The molecule has 0 amide bonds. The number of aromatic nitrogens is 4. The zero-order valence-electron chi connectivity index (χ0n) is 15.3. The van der Waals surface area contributed by atoms with Gasteiger partial charge >= 0.3 is 0 Å². The molecule has 4 heterocycles. The van der Waals surface area contributed by atoms with E-state index in [1.165, 1.54) is 6.07 Å². The minimum absolute atomic E-state index is 0.236. The summed E-state index contributed by atoms with van der Waals surface area (Å²) in [6, 6.07) is 11.1. The molecule has 28 heavy (non-hydrogen) atoms. The van der Waals surface area contributed by atoms with Crippen LogP contribution in [0.2, 0.25) is 0 Å². The number of nitrogens with one attached hydrogen (secondary N) is 1. The number of aryl methyl sites for hydroxylation is 1. The smallest absolute Gasteiger partial charge is 0.170 e. The van der Waals surface area contributed by atoms with Crippen molar-refractivity contribution in [2.75, 3.05) is 5.32 Å².